The van der Waals surface area contributed by atoms with Gasteiger partial charge in [-0.05, 0) is 37.3 Å². The van der Waals surface area contributed by atoms with E-state index in [1.165, 1.54) is 16.9 Å². The Morgan fingerprint density at radius 2 is 1.47 bits per heavy atom. The number of carbonyl (C=O) groups is 2. The predicted octanol–water partition coefficient (Wildman–Crippen LogP) is 5.94. The molecule has 0 aliphatic heterocycles. The number of anilines is 3. The van der Waals surface area contributed by atoms with E-state index in [9.17, 15) is 9.59 Å². The summed E-state index contributed by atoms with van der Waals surface area (Å²) in [5.41, 5.74) is 4.83. The molecule has 4 aromatic rings. The van der Waals surface area contributed by atoms with Crippen LogP contribution in [-0.4, -0.2) is 16.9 Å². The monoisotopic (exact) mass is 442 g/mol. The summed E-state index contributed by atoms with van der Waals surface area (Å²) in [5, 5.41) is 11.2. The van der Waals surface area contributed by atoms with Crippen molar-refractivity contribution in [3.8, 4) is 10.6 Å². The van der Waals surface area contributed by atoms with E-state index in [-0.39, 0.29) is 18.4 Å². The van der Waals surface area contributed by atoms with Gasteiger partial charge < -0.3 is 16.0 Å². The highest BCUT2D eigenvalue weighted by atomic mass is 32.1. The van der Waals surface area contributed by atoms with E-state index in [0.29, 0.717) is 17.1 Å². The predicted molar refractivity (Wildman–Crippen MR) is 130 cm³/mol. The first-order valence-electron chi connectivity index (χ1n) is 10.1. The molecule has 0 saturated carbocycles. The minimum atomic E-state index is -0.356. The van der Waals surface area contributed by atoms with E-state index in [1.807, 2.05) is 54.8 Å². The summed E-state index contributed by atoms with van der Waals surface area (Å²) in [6.45, 7) is 2.04. The quantitative estimate of drug-likeness (QED) is 0.345. The molecule has 3 aromatic carbocycles. The Bertz CT molecular complexity index is 1220. The van der Waals surface area contributed by atoms with Crippen molar-refractivity contribution in [3.05, 3.63) is 95.5 Å². The van der Waals surface area contributed by atoms with E-state index < -0.39 is 0 Å². The highest BCUT2D eigenvalue weighted by molar-refractivity contribution is 7.13. The van der Waals surface area contributed by atoms with Crippen LogP contribution in [0.15, 0.2) is 84.2 Å². The number of hydrogen-bond donors (Lipinski definition) is 3. The molecule has 160 valence electrons. The van der Waals surface area contributed by atoms with Crippen molar-refractivity contribution in [2.45, 2.75) is 13.3 Å². The summed E-state index contributed by atoms with van der Waals surface area (Å²) < 4.78 is 0. The van der Waals surface area contributed by atoms with Gasteiger partial charge in [0.2, 0.25) is 5.91 Å². The van der Waals surface area contributed by atoms with Gasteiger partial charge in [-0.15, -0.1) is 11.3 Å². The molecule has 7 heteroatoms. The molecule has 3 amide bonds. The van der Waals surface area contributed by atoms with Crippen molar-refractivity contribution in [2.24, 2.45) is 0 Å². The number of aryl methyl sites for hydroxylation is 1. The Morgan fingerprint density at radius 3 is 2.22 bits per heavy atom. The fraction of sp³-hybridized carbons (Fsp3) is 0.0800. The average molecular weight is 443 g/mol. The van der Waals surface area contributed by atoms with Gasteiger partial charge in [0.1, 0.15) is 5.01 Å². The SMILES string of the molecule is Cc1ccc(-c2nc(CC(=O)Nc3cccc(NC(=O)Nc4ccccc4)c3)cs2)cc1. The van der Waals surface area contributed by atoms with Crippen LogP contribution in [0.5, 0.6) is 0 Å². The molecule has 4 rings (SSSR count). The standard InChI is InChI=1S/C25H22N4O2S/c1-17-10-12-18(13-11-17)24-27-22(16-32-24)15-23(30)26-20-8-5-9-21(14-20)29-25(31)28-19-6-3-2-4-7-19/h2-14,16H,15H2,1H3,(H,26,30)(H2,28,29,31). The topological polar surface area (TPSA) is 83.1 Å². The second-order valence-electron chi connectivity index (χ2n) is 7.26. The lowest BCUT2D eigenvalue weighted by Crippen LogP contribution is -2.19. The van der Waals surface area contributed by atoms with Crippen molar-refractivity contribution in [3.63, 3.8) is 0 Å². The normalized spacial score (nSPS) is 10.4. The number of rotatable bonds is 6. The van der Waals surface area contributed by atoms with Crippen molar-refractivity contribution >= 4 is 40.3 Å². The van der Waals surface area contributed by atoms with Crippen LogP contribution in [-0.2, 0) is 11.2 Å². The maximum absolute atomic E-state index is 12.5. The Kier molecular flexibility index (Phi) is 6.57. The fourth-order valence-corrected chi connectivity index (χ4v) is 3.90. The van der Waals surface area contributed by atoms with E-state index in [2.05, 4.69) is 20.9 Å². The molecule has 1 heterocycles. The summed E-state index contributed by atoms with van der Waals surface area (Å²) in [6, 6.07) is 24.0. The van der Waals surface area contributed by atoms with Gasteiger partial charge in [0.05, 0.1) is 12.1 Å². The maximum atomic E-state index is 12.5. The number of urea groups is 1. The molecule has 0 unspecified atom stereocenters. The molecule has 0 aliphatic rings. The number of carbonyl (C=O) groups excluding carboxylic acids is 2. The number of nitrogens with zero attached hydrogens (tertiary/aromatic N) is 1. The molecule has 0 saturated heterocycles. The first-order valence-corrected chi connectivity index (χ1v) is 11.0. The van der Waals surface area contributed by atoms with Crippen LogP contribution in [0.2, 0.25) is 0 Å². The van der Waals surface area contributed by atoms with E-state index in [1.54, 1.807) is 36.4 Å². The lowest BCUT2D eigenvalue weighted by molar-refractivity contribution is -0.115. The number of para-hydroxylation sites is 1. The Balaban J connectivity index is 1.34. The van der Waals surface area contributed by atoms with Crippen molar-refractivity contribution in [2.75, 3.05) is 16.0 Å². The van der Waals surface area contributed by atoms with Gasteiger partial charge in [0.25, 0.3) is 0 Å². The van der Waals surface area contributed by atoms with Gasteiger partial charge in [-0.2, -0.15) is 0 Å². The molecule has 3 N–H and O–H groups in total. The molecule has 0 spiro atoms. The van der Waals surface area contributed by atoms with Gasteiger partial charge >= 0.3 is 6.03 Å². The van der Waals surface area contributed by atoms with Crippen LogP contribution in [0.4, 0.5) is 21.9 Å². The molecule has 0 atom stereocenters. The highest BCUT2D eigenvalue weighted by Crippen LogP contribution is 2.24. The van der Waals surface area contributed by atoms with Gasteiger partial charge in [-0.1, -0.05) is 54.1 Å². The van der Waals surface area contributed by atoms with Gasteiger partial charge in [0.15, 0.2) is 0 Å². The van der Waals surface area contributed by atoms with Crippen LogP contribution in [0.1, 0.15) is 11.3 Å². The lowest BCUT2D eigenvalue weighted by Gasteiger charge is -2.10. The van der Waals surface area contributed by atoms with Crippen LogP contribution in [0, 0.1) is 6.92 Å². The van der Waals surface area contributed by atoms with Crippen molar-refractivity contribution in [1.29, 1.82) is 0 Å². The summed E-state index contributed by atoms with van der Waals surface area (Å²) in [4.78, 5) is 29.3. The molecule has 0 radical (unpaired) electrons. The molecule has 0 bridgehead atoms. The van der Waals surface area contributed by atoms with Crippen LogP contribution in [0.3, 0.4) is 0 Å². The van der Waals surface area contributed by atoms with E-state index >= 15 is 0 Å². The highest BCUT2D eigenvalue weighted by Gasteiger charge is 2.10. The van der Waals surface area contributed by atoms with Crippen molar-refractivity contribution < 1.29 is 9.59 Å². The van der Waals surface area contributed by atoms with E-state index in [0.717, 1.165) is 16.3 Å². The maximum Gasteiger partial charge on any atom is 0.323 e. The first-order chi connectivity index (χ1) is 15.5. The third kappa shape index (κ3) is 5.80. The minimum absolute atomic E-state index is 0.170. The van der Waals surface area contributed by atoms with E-state index in [4.69, 9.17) is 0 Å². The number of benzene rings is 3. The summed E-state index contributed by atoms with van der Waals surface area (Å²) in [6.07, 6.45) is 0.175. The van der Waals surface area contributed by atoms with Gasteiger partial charge in [-0.25, -0.2) is 9.78 Å². The lowest BCUT2D eigenvalue weighted by atomic mass is 10.2. The van der Waals surface area contributed by atoms with Crippen LogP contribution in [0.25, 0.3) is 10.6 Å². The third-order valence-electron chi connectivity index (χ3n) is 4.63. The molecule has 0 aliphatic carbocycles. The molecular weight excluding hydrogens is 420 g/mol. The van der Waals surface area contributed by atoms with Gasteiger partial charge in [0, 0.05) is 28.0 Å². The first kappa shape index (κ1) is 21.3. The summed E-state index contributed by atoms with van der Waals surface area (Å²) in [5.74, 6) is -0.170. The molecule has 32 heavy (non-hydrogen) atoms. The molecule has 0 fully saturated rings. The molecular formula is C25H22N4O2S. The fourth-order valence-electron chi connectivity index (χ4n) is 3.08. The smallest absolute Gasteiger partial charge is 0.323 e. The summed E-state index contributed by atoms with van der Waals surface area (Å²) in [7, 11) is 0. The average Bonchev–Trinajstić information content (AvgIpc) is 3.23. The number of hydrogen-bond acceptors (Lipinski definition) is 4. The minimum Gasteiger partial charge on any atom is -0.326 e. The number of nitrogens with one attached hydrogen (secondary N) is 3. The number of amides is 3. The molecule has 6 nitrogen and oxygen atoms in total. The zero-order valence-electron chi connectivity index (χ0n) is 17.5. The van der Waals surface area contributed by atoms with Crippen molar-refractivity contribution in [1.82, 2.24) is 4.98 Å². The second kappa shape index (κ2) is 9.89. The Labute approximate surface area is 190 Å². The van der Waals surface area contributed by atoms with Crippen LogP contribution >= 0.6 is 11.3 Å². The Morgan fingerprint density at radius 1 is 0.812 bits per heavy atom. The second-order valence-corrected chi connectivity index (χ2v) is 8.12. The number of thiazole rings is 1. The number of aromatic nitrogens is 1. The zero-order valence-corrected chi connectivity index (χ0v) is 18.3. The zero-order chi connectivity index (χ0) is 22.3. The van der Waals surface area contributed by atoms with Crippen LogP contribution < -0.4 is 16.0 Å². The largest absolute Gasteiger partial charge is 0.326 e. The third-order valence-corrected chi connectivity index (χ3v) is 5.57. The summed E-state index contributed by atoms with van der Waals surface area (Å²) >= 11 is 1.52. The Hall–Kier alpha value is -3.97. The molecule has 1 aromatic heterocycles. The van der Waals surface area contributed by atoms with Gasteiger partial charge in [-0.3, -0.25) is 4.79 Å².